The normalized spacial score (nSPS) is 11.3. The second-order valence-electron chi connectivity index (χ2n) is 6.73. The minimum absolute atomic E-state index is 0.290. The largest absolute Gasteiger partial charge is 0.494 e. The van der Waals surface area contributed by atoms with Gasteiger partial charge in [0.2, 0.25) is 5.95 Å². The van der Waals surface area contributed by atoms with E-state index in [1.807, 2.05) is 38.1 Å². The van der Waals surface area contributed by atoms with Crippen LogP contribution in [0.15, 0.2) is 51.1 Å². The maximum atomic E-state index is 12.7. The summed E-state index contributed by atoms with van der Waals surface area (Å²) in [7, 11) is 3.02. The summed E-state index contributed by atoms with van der Waals surface area (Å²) in [5.74, 6) is 1.14. The van der Waals surface area contributed by atoms with Crippen LogP contribution in [-0.2, 0) is 20.6 Å². The van der Waals surface area contributed by atoms with Gasteiger partial charge in [0.15, 0.2) is 11.2 Å². The minimum Gasteiger partial charge on any atom is -0.494 e. The molecule has 3 aromatic rings. The number of rotatable bonds is 7. The molecule has 0 unspecified atom stereocenters. The van der Waals surface area contributed by atoms with Crippen LogP contribution in [-0.4, -0.2) is 31.5 Å². The Hall–Kier alpha value is -3.62. The van der Waals surface area contributed by atoms with Crippen LogP contribution in [0.2, 0.25) is 0 Å². The van der Waals surface area contributed by atoms with Crippen LogP contribution in [0.25, 0.3) is 11.2 Å². The van der Waals surface area contributed by atoms with E-state index in [-0.39, 0.29) is 5.65 Å². The van der Waals surface area contributed by atoms with E-state index in [2.05, 4.69) is 22.1 Å². The molecule has 0 aliphatic heterocycles. The molecule has 9 nitrogen and oxygen atoms in total. The fourth-order valence-electron chi connectivity index (χ4n) is 2.94. The summed E-state index contributed by atoms with van der Waals surface area (Å²) < 4.78 is 9.50. The first-order chi connectivity index (χ1) is 13.8. The number of ether oxygens (including phenoxy) is 1. The van der Waals surface area contributed by atoms with Crippen molar-refractivity contribution in [3.8, 4) is 5.75 Å². The van der Waals surface area contributed by atoms with Crippen molar-refractivity contribution >= 4 is 23.3 Å². The molecule has 2 heterocycles. The number of benzene rings is 1. The topological polar surface area (TPSA) is 95.4 Å². The first-order valence-corrected chi connectivity index (χ1v) is 9.16. The molecule has 0 saturated carbocycles. The molecule has 0 bridgehead atoms. The van der Waals surface area contributed by atoms with E-state index in [9.17, 15) is 9.59 Å². The zero-order chi connectivity index (χ0) is 21.1. The van der Waals surface area contributed by atoms with Gasteiger partial charge in [-0.05, 0) is 43.7 Å². The highest BCUT2D eigenvalue weighted by molar-refractivity contribution is 5.80. The van der Waals surface area contributed by atoms with Gasteiger partial charge >= 0.3 is 5.69 Å². The lowest BCUT2D eigenvalue weighted by atomic mass is 10.2. The zero-order valence-electron chi connectivity index (χ0n) is 17.0. The van der Waals surface area contributed by atoms with Gasteiger partial charge in [-0.15, -0.1) is 0 Å². The maximum Gasteiger partial charge on any atom is 0.332 e. The fraction of sp³-hybridized carbons (Fsp3) is 0.300. The van der Waals surface area contributed by atoms with Gasteiger partial charge < -0.3 is 4.74 Å². The van der Waals surface area contributed by atoms with E-state index < -0.39 is 11.2 Å². The molecule has 9 heteroatoms. The Morgan fingerprint density at radius 3 is 2.55 bits per heavy atom. The van der Waals surface area contributed by atoms with Gasteiger partial charge in [0.05, 0.1) is 12.8 Å². The SMILES string of the molecule is C=C(C)Cn1c(N/N=C/c2ccc(OCC)cc2)nc2c1c(=O)n(C)c(=O)n2C. The van der Waals surface area contributed by atoms with Crippen LogP contribution in [0.5, 0.6) is 5.75 Å². The highest BCUT2D eigenvalue weighted by Gasteiger charge is 2.18. The standard InChI is InChI=1S/C20H24N6O3/c1-6-29-15-9-7-14(8-10-15)11-21-23-19-22-17-16(26(19)12-13(2)3)18(27)25(5)20(28)24(17)4/h7-11H,2,6,12H2,1,3-5H3,(H,22,23)/b21-11+. The van der Waals surface area contributed by atoms with Crippen LogP contribution in [0.1, 0.15) is 19.4 Å². The van der Waals surface area contributed by atoms with E-state index in [1.54, 1.807) is 17.8 Å². The smallest absolute Gasteiger partial charge is 0.332 e. The lowest BCUT2D eigenvalue weighted by Crippen LogP contribution is -2.37. The van der Waals surface area contributed by atoms with Crippen molar-refractivity contribution < 1.29 is 4.74 Å². The Bertz CT molecular complexity index is 1200. The van der Waals surface area contributed by atoms with Crippen LogP contribution in [0.3, 0.4) is 0 Å². The number of anilines is 1. The molecule has 0 spiro atoms. The van der Waals surface area contributed by atoms with E-state index in [1.165, 1.54) is 11.6 Å². The van der Waals surface area contributed by atoms with Crippen LogP contribution in [0, 0.1) is 0 Å². The van der Waals surface area contributed by atoms with Crippen LogP contribution in [0.4, 0.5) is 5.95 Å². The van der Waals surface area contributed by atoms with Crippen molar-refractivity contribution in [2.24, 2.45) is 19.2 Å². The number of nitrogens with zero attached hydrogens (tertiary/aromatic N) is 5. The molecule has 1 aromatic carbocycles. The van der Waals surface area contributed by atoms with Crippen molar-refractivity contribution in [2.45, 2.75) is 20.4 Å². The Labute approximate surface area is 167 Å². The first-order valence-electron chi connectivity index (χ1n) is 9.16. The number of hydrogen-bond donors (Lipinski definition) is 1. The molecule has 152 valence electrons. The summed E-state index contributed by atoms with van der Waals surface area (Å²) in [5.41, 5.74) is 4.33. The van der Waals surface area contributed by atoms with E-state index in [4.69, 9.17) is 4.74 Å². The number of hydrogen-bond acceptors (Lipinski definition) is 6. The van der Waals surface area contributed by atoms with Crippen molar-refractivity contribution in [1.29, 1.82) is 0 Å². The molecule has 0 saturated heterocycles. The number of allylic oxidation sites excluding steroid dienone is 1. The number of imidazole rings is 1. The molecule has 0 atom stereocenters. The summed E-state index contributed by atoms with van der Waals surface area (Å²) in [6.45, 7) is 8.67. The van der Waals surface area contributed by atoms with Gasteiger partial charge in [-0.2, -0.15) is 10.1 Å². The fourth-order valence-corrected chi connectivity index (χ4v) is 2.94. The van der Waals surface area contributed by atoms with Crippen molar-refractivity contribution in [3.63, 3.8) is 0 Å². The van der Waals surface area contributed by atoms with Gasteiger partial charge in [-0.3, -0.25) is 18.5 Å². The van der Waals surface area contributed by atoms with Crippen molar-refractivity contribution in [2.75, 3.05) is 12.0 Å². The molecule has 29 heavy (non-hydrogen) atoms. The third-order valence-electron chi connectivity index (χ3n) is 4.35. The highest BCUT2D eigenvalue weighted by atomic mass is 16.5. The van der Waals surface area contributed by atoms with Crippen LogP contribution >= 0.6 is 0 Å². The highest BCUT2D eigenvalue weighted by Crippen LogP contribution is 2.17. The molecule has 2 aromatic heterocycles. The Morgan fingerprint density at radius 1 is 1.24 bits per heavy atom. The van der Waals surface area contributed by atoms with Gasteiger partial charge in [0, 0.05) is 20.6 Å². The third-order valence-corrected chi connectivity index (χ3v) is 4.35. The number of nitrogens with one attached hydrogen (secondary N) is 1. The van der Waals surface area contributed by atoms with Gasteiger partial charge in [-0.1, -0.05) is 12.2 Å². The Morgan fingerprint density at radius 2 is 1.93 bits per heavy atom. The second-order valence-corrected chi connectivity index (χ2v) is 6.73. The summed E-state index contributed by atoms with van der Waals surface area (Å²) in [6, 6.07) is 7.49. The monoisotopic (exact) mass is 396 g/mol. The van der Waals surface area contributed by atoms with E-state index >= 15 is 0 Å². The second kappa shape index (κ2) is 8.17. The average Bonchev–Trinajstić information content (AvgIpc) is 3.04. The van der Waals surface area contributed by atoms with Gasteiger partial charge in [0.1, 0.15) is 5.75 Å². The predicted octanol–water partition coefficient (Wildman–Crippen LogP) is 1.85. The molecular weight excluding hydrogens is 372 g/mol. The number of fused-ring (bicyclic) bond motifs is 1. The lowest BCUT2D eigenvalue weighted by molar-refractivity contribution is 0.340. The molecular formula is C20H24N6O3. The summed E-state index contributed by atoms with van der Waals surface area (Å²) >= 11 is 0. The van der Waals surface area contributed by atoms with Crippen molar-refractivity contribution in [3.05, 3.63) is 62.8 Å². The molecule has 0 aliphatic rings. The Balaban J connectivity index is 1.99. The quantitative estimate of drug-likeness (QED) is 0.374. The zero-order valence-corrected chi connectivity index (χ0v) is 17.0. The van der Waals surface area contributed by atoms with Crippen LogP contribution < -0.4 is 21.4 Å². The Kier molecular flexibility index (Phi) is 5.67. The summed E-state index contributed by atoms with van der Waals surface area (Å²) in [4.78, 5) is 29.3. The maximum absolute atomic E-state index is 12.7. The van der Waals surface area contributed by atoms with Gasteiger partial charge in [-0.25, -0.2) is 10.2 Å². The lowest BCUT2D eigenvalue weighted by Gasteiger charge is -2.08. The average molecular weight is 396 g/mol. The summed E-state index contributed by atoms with van der Waals surface area (Å²) in [5, 5.41) is 4.23. The molecule has 0 amide bonds. The number of aryl methyl sites for hydroxylation is 1. The molecule has 3 rings (SSSR count). The van der Waals surface area contributed by atoms with E-state index in [0.29, 0.717) is 24.6 Å². The molecule has 0 radical (unpaired) electrons. The van der Waals surface area contributed by atoms with Crippen molar-refractivity contribution in [1.82, 2.24) is 18.7 Å². The number of aromatic nitrogens is 4. The predicted molar refractivity (Wildman–Crippen MR) is 114 cm³/mol. The molecule has 0 fully saturated rings. The minimum atomic E-state index is -0.438. The van der Waals surface area contributed by atoms with E-state index in [0.717, 1.165) is 21.5 Å². The first kappa shape index (κ1) is 20.1. The molecule has 0 aliphatic carbocycles. The molecule has 1 N–H and O–H groups in total. The third kappa shape index (κ3) is 3.98. The number of hydrazone groups is 1. The summed E-state index contributed by atoms with van der Waals surface area (Å²) in [6.07, 6.45) is 1.64. The van der Waals surface area contributed by atoms with Gasteiger partial charge in [0.25, 0.3) is 5.56 Å².